The minimum Gasteiger partial charge on any atom is -0.353 e. The monoisotopic (exact) mass is 326 g/mol. The van der Waals surface area contributed by atoms with Gasteiger partial charge in [-0.1, -0.05) is 6.92 Å². The molecule has 2 heterocycles. The molecule has 0 unspecified atom stereocenters. The zero-order chi connectivity index (χ0) is 14.8. The van der Waals surface area contributed by atoms with Crippen LogP contribution in [0, 0.1) is 11.8 Å². The average Bonchev–Trinajstić information content (AvgIpc) is 3.09. The average molecular weight is 327 g/mol. The highest BCUT2D eigenvalue weighted by molar-refractivity contribution is 5.85. The number of hydrogen-bond donors (Lipinski definition) is 2. The van der Waals surface area contributed by atoms with Gasteiger partial charge in [0.05, 0.1) is 12.1 Å². The number of carbonyl (C=O) groups excluding carboxylic acids is 1. The normalized spacial score (nSPS) is 31.5. The van der Waals surface area contributed by atoms with Crippen LogP contribution in [0.2, 0.25) is 0 Å². The summed E-state index contributed by atoms with van der Waals surface area (Å²) in [5.41, 5.74) is 1.17. The van der Waals surface area contributed by atoms with Gasteiger partial charge in [-0.3, -0.25) is 9.48 Å². The smallest absolute Gasteiger partial charge is 0.225 e. The summed E-state index contributed by atoms with van der Waals surface area (Å²) < 4.78 is 1.81. The number of nitrogens with one attached hydrogen (secondary N) is 2. The molecule has 124 valence electrons. The predicted octanol–water partition coefficient (Wildman–Crippen LogP) is 1.84. The Hall–Kier alpha value is -1.07. The van der Waals surface area contributed by atoms with Crippen LogP contribution in [0.5, 0.6) is 0 Å². The molecule has 1 saturated carbocycles. The lowest BCUT2D eigenvalue weighted by Crippen LogP contribution is -2.42. The van der Waals surface area contributed by atoms with Gasteiger partial charge in [-0.25, -0.2) is 0 Å². The second-order valence-electron chi connectivity index (χ2n) is 6.78. The summed E-state index contributed by atoms with van der Waals surface area (Å²) in [6.45, 7) is 3.94. The molecule has 2 aliphatic rings. The summed E-state index contributed by atoms with van der Waals surface area (Å²) >= 11 is 0. The van der Waals surface area contributed by atoms with E-state index in [-0.39, 0.29) is 30.2 Å². The molecule has 1 amide bonds. The van der Waals surface area contributed by atoms with Crippen molar-refractivity contribution in [2.75, 3.05) is 13.1 Å². The van der Waals surface area contributed by atoms with Crippen molar-refractivity contribution in [2.24, 2.45) is 18.9 Å². The fourth-order valence-corrected chi connectivity index (χ4v) is 3.65. The standard InChI is InChI=1S/C16H26N4O.ClH/c1-11-3-5-13(6-4-11)19-16(21)15-9-17-8-14(15)12-7-18-20(2)10-12;/h7,10-11,13-15,17H,3-6,8-9H2,1-2H3,(H,19,21);1H/t11?,13?,14-,15+;/m1./s1. The van der Waals surface area contributed by atoms with E-state index >= 15 is 0 Å². The molecule has 2 N–H and O–H groups in total. The maximum absolute atomic E-state index is 12.6. The van der Waals surface area contributed by atoms with E-state index in [1.165, 1.54) is 18.4 Å². The molecule has 1 aliphatic heterocycles. The highest BCUT2D eigenvalue weighted by atomic mass is 35.5. The molecule has 0 bridgehead atoms. The SMILES string of the molecule is CC1CCC(NC(=O)[C@H]2CNC[C@@H]2c2cnn(C)c2)CC1.Cl. The summed E-state index contributed by atoms with van der Waals surface area (Å²) in [5, 5.41) is 10.9. The van der Waals surface area contributed by atoms with E-state index in [4.69, 9.17) is 0 Å². The van der Waals surface area contributed by atoms with Crippen LogP contribution in [-0.4, -0.2) is 34.8 Å². The van der Waals surface area contributed by atoms with Gasteiger partial charge in [0.2, 0.25) is 5.91 Å². The Kier molecular flexibility index (Phi) is 5.87. The van der Waals surface area contributed by atoms with E-state index in [9.17, 15) is 4.79 Å². The number of carbonyl (C=O) groups is 1. The highest BCUT2D eigenvalue weighted by Crippen LogP contribution is 2.29. The first-order valence-corrected chi connectivity index (χ1v) is 8.13. The van der Waals surface area contributed by atoms with Gasteiger partial charge < -0.3 is 10.6 Å². The van der Waals surface area contributed by atoms with E-state index in [1.807, 2.05) is 24.1 Å². The molecule has 6 heteroatoms. The summed E-state index contributed by atoms with van der Waals surface area (Å²) in [6, 6.07) is 0.379. The number of halogens is 1. The Morgan fingerprint density at radius 2 is 2.05 bits per heavy atom. The molecule has 2 atom stereocenters. The van der Waals surface area contributed by atoms with Crippen LogP contribution in [0.15, 0.2) is 12.4 Å². The second-order valence-corrected chi connectivity index (χ2v) is 6.78. The van der Waals surface area contributed by atoms with E-state index in [2.05, 4.69) is 22.7 Å². The Morgan fingerprint density at radius 3 is 2.68 bits per heavy atom. The van der Waals surface area contributed by atoms with Gasteiger partial charge in [0, 0.05) is 38.3 Å². The summed E-state index contributed by atoms with van der Waals surface area (Å²) in [7, 11) is 1.92. The fourth-order valence-electron chi connectivity index (χ4n) is 3.65. The third kappa shape index (κ3) is 3.82. The third-order valence-electron chi connectivity index (χ3n) is 5.07. The van der Waals surface area contributed by atoms with Crippen molar-refractivity contribution in [1.82, 2.24) is 20.4 Å². The minimum atomic E-state index is 0. The molecule has 1 saturated heterocycles. The lowest BCUT2D eigenvalue weighted by Gasteiger charge is -2.28. The summed E-state index contributed by atoms with van der Waals surface area (Å²) in [5.74, 6) is 1.32. The van der Waals surface area contributed by atoms with Crippen LogP contribution < -0.4 is 10.6 Å². The van der Waals surface area contributed by atoms with Gasteiger partial charge in [0.1, 0.15) is 0 Å². The van der Waals surface area contributed by atoms with E-state index in [0.29, 0.717) is 6.04 Å². The van der Waals surface area contributed by atoms with E-state index in [1.54, 1.807) is 0 Å². The maximum Gasteiger partial charge on any atom is 0.225 e. The van der Waals surface area contributed by atoms with Crippen molar-refractivity contribution in [2.45, 2.75) is 44.6 Å². The van der Waals surface area contributed by atoms with Gasteiger partial charge in [-0.05, 0) is 37.2 Å². The van der Waals surface area contributed by atoms with Crippen molar-refractivity contribution < 1.29 is 4.79 Å². The minimum absolute atomic E-state index is 0. The first-order valence-electron chi connectivity index (χ1n) is 8.13. The summed E-state index contributed by atoms with van der Waals surface area (Å²) in [4.78, 5) is 12.6. The molecule has 0 aromatic carbocycles. The number of nitrogens with zero attached hydrogens (tertiary/aromatic N) is 2. The van der Waals surface area contributed by atoms with Crippen LogP contribution >= 0.6 is 12.4 Å². The maximum atomic E-state index is 12.6. The molecule has 3 rings (SSSR count). The van der Waals surface area contributed by atoms with Gasteiger partial charge in [-0.15, -0.1) is 12.4 Å². The predicted molar refractivity (Wildman–Crippen MR) is 89.1 cm³/mol. The van der Waals surface area contributed by atoms with Crippen molar-refractivity contribution in [3.63, 3.8) is 0 Å². The van der Waals surface area contributed by atoms with Crippen molar-refractivity contribution in [3.8, 4) is 0 Å². The quantitative estimate of drug-likeness (QED) is 0.891. The number of aryl methyl sites for hydroxylation is 1. The number of amides is 1. The third-order valence-corrected chi connectivity index (χ3v) is 5.07. The van der Waals surface area contributed by atoms with E-state index < -0.39 is 0 Å². The molecular weight excluding hydrogens is 300 g/mol. The molecule has 5 nitrogen and oxygen atoms in total. The molecule has 1 aromatic heterocycles. The lowest BCUT2D eigenvalue weighted by molar-refractivity contribution is -0.125. The van der Waals surface area contributed by atoms with Crippen LogP contribution in [0.25, 0.3) is 0 Å². The van der Waals surface area contributed by atoms with Crippen molar-refractivity contribution >= 4 is 18.3 Å². The fraction of sp³-hybridized carbons (Fsp3) is 0.750. The molecule has 1 aliphatic carbocycles. The molecule has 1 aromatic rings. The first-order chi connectivity index (χ1) is 10.1. The topological polar surface area (TPSA) is 59.0 Å². The van der Waals surface area contributed by atoms with Crippen LogP contribution in [0.3, 0.4) is 0 Å². The van der Waals surface area contributed by atoms with Crippen LogP contribution in [-0.2, 0) is 11.8 Å². The second kappa shape index (κ2) is 7.47. The number of aromatic nitrogens is 2. The molecule has 0 radical (unpaired) electrons. The Balaban J connectivity index is 0.00000176. The Bertz CT molecular complexity index is 496. The molecular formula is C16H27ClN4O. The van der Waals surface area contributed by atoms with Crippen LogP contribution in [0.4, 0.5) is 0 Å². The number of rotatable bonds is 3. The Labute approximate surface area is 138 Å². The zero-order valence-corrected chi connectivity index (χ0v) is 14.2. The lowest BCUT2D eigenvalue weighted by atomic mass is 9.86. The Morgan fingerprint density at radius 1 is 1.32 bits per heavy atom. The van der Waals surface area contributed by atoms with Gasteiger partial charge >= 0.3 is 0 Å². The highest BCUT2D eigenvalue weighted by Gasteiger charge is 2.35. The van der Waals surface area contributed by atoms with Gasteiger partial charge in [0.25, 0.3) is 0 Å². The largest absolute Gasteiger partial charge is 0.353 e. The summed E-state index contributed by atoms with van der Waals surface area (Å²) in [6.07, 6.45) is 8.65. The van der Waals surface area contributed by atoms with Gasteiger partial charge in [0.15, 0.2) is 0 Å². The van der Waals surface area contributed by atoms with Crippen molar-refractivity contribution in [3.05, 3.63) is 18.0 Å². The van der Waals surface area contributed by atoms with Crippen LogP contribution in [0.1, 0.15) is 44.1 Å². The first kappa shape index (κ1) is 17.3. The molecule has 0 spiro atoms. The zero-order valence-electron chi connectivity index (χ0n) is 13.4. The van der Waals surface area contributed by atoms with Crippen molar-refractivity contribution in [1.29, 1.82) is 0 Å². The molecule has 2 fully saturated rings. The molecule has 22 heavy (non-hydrogen) atoms. The number of hydrogen-bond acceptors (Lipinski definition) is 3. The van der Waals surface area contributed by atoms with Gasteiger partial charge in [-0.2, -0.15) is 5.10 Å². The van der Waals surface area contributed by atoms with E-state index in [0.717, 1.165) is 31.8 Å².